The van der Waals surface area contributed by atoms with Crippen LogP contribution in [0.15, 0.2) is 24.4 Å². The highest BCUT2D eigenvalue weighted by atomic mass is 35.5. The fraction of sp³-hybridized carbons (Fsp3) is 0.556. The number of aromatic nitrogens is 1. The van der Waals surface area contributed by atoms with E-state index in [1.54, 1.807) is 27.0 Å². The molecule has 1 saturated heterocycles. The van der Waals surface area contributed by atoms with Gasteiger partial charge in [-0.25, -0.2) is 13.6 Å². The van der Waals surface area contributed by atoms with Crippen LogP contribution in [-0.2, 0) is 11.3 Å². The smallest absolute Gasteiger partial charge is 0.341 e. The molecule has 5 nitrogen and oxygen atoms in total. The number of alkyl halides is 1. The summed E-state index contributed by atoms with van der Waals surface area (Å²) in [6, 6.07) is 4.60. The van der Waals surface area contributed by atoms with Crippen molar-refractivity contribution >= 4 is 17.6 Å². The topological polar surface area (TPSA) is 51.7 Å². The van der Waals surface area contributed by atoms with Gasteiger partial charge in [0.1, 0.15) is 29.4 Å². The summed E-state index contributed by atoms with van der Waals surface area (Å²) in [5, 5.41) is 0.620. The highest BCUT2D eigenvalue weighted by molar-refractivity contribution is 6.31. The van der Waals surface area contributed by atoms with Gasteiger partial charge in [-0.05, 0) is 82.6 Å². The molecule has 0 spiro atoms. The summed E-state index contributed by atoms with van der Waals surface area (Å²) in [6.45, 7) is 8.65. The quantitative estimate of drug-likeness (QED) is 0.407. The average Bonchev–Trinajstić information content (AvgIpc) is 3.60. The molecule has 1 aromatic carbocycles. The molecule has 0 amide bonds. The number of hydrogen-bond acceptors (Lipinski definition) is 5. The van der Waals surface area contributed by atoms with Crippen molar-refractivity contribution in [3.05, 3.63) is 57.6 Å². The van der Waals surface area contributed by atoms with Crippen molar-refractivity contribution < 1.29 is 23.0 Å². The van der Waals surface area contributed by atoms with E-state index in [1.807, 2.05) is 13.0 Å². The molecule has 2 heterocycles. The zero-order chi connectivity index (χ0) is 25.4. The summed E-state index contributed by atoms with van der Waals surface area (Å²) in [5.74, 6) is -0.923. The first-order chi connectivity index (χ1) is 16.4. The fourth-order valence-electron chi connectivity index (χ4n) is 4.25. The largest absolute Gasteiger partial charge is 0.490 e. The SMILES string of the molecule is Cc1cnc(CN2CCC(F)(COc3cc(F)c(C(=O)OC(C)(C)C)cc3C3CC3)CC2)c(Cl)c1. The Kier molecular flexibility index (Phi) is 7.39. The van der Waals surface area contributed by atoms with Gasteiger partial charge < -0.3 is 9.47 Å². The molecule has 1 aliphatic carbocycles. The zero-order valence-corrected chi connectivity index (χ0v) is 21.6. The van der Waals surface area contributed by atoms with Gasteiger partial charge in [0, 0.05) is 31.9 Å². The number of hydrogen-bond donors (Lipinski definition) is 0. The molecule has 1 saturated carbocycles. The number of aryl methyl sites for hydroxylation is 1. The Morgan fingerprint density at radius 3 is 2.51 bits per heavy atom. The molecular weight excluding hydrogens is 474 g/mol. The van der Waals surface area contributed by atoms with Crippen molar-refractivity contribution in [1.29, 1.82) is 0 Å². The molecule has 0 atom stereocenters. The van der Waals surface area contributed by atoms with Gasteiger partial charge in [-0.1, -0.05) is 11.6 Å². The second kappa shape index (κ2) is 10.0. The lowest BCUT2D eigenvalue weighted by atomic mass is 9.94. The molecule has 0 N–H and O–H groups in total. The first-order valence-electron chi connectivity index (χ1n) is 12.1. The summed E-state index contributed by atoms with van der Waals surface area (Å²) in [7, 11) is 0. The van der Waals surface area contributed by atoms with E-state index in [2.05, 4.69) is 9.88 Å². The monoisotopic (exact) mass is 506 g/mol. The van der Waals surface area contributed by atoms with E-state index in [1.165, 1.54) is 12.1 Å². The molecule has 0 radical (unpaired) electrons. The third-order valence-electron chi connectivity index (χ3n) is 6.40. The van der Waals surface area contributed by atoms with Crippen molar-refractivity contribution in [3.8, 4) is 5.75 Å². The Morgan fingerprint density at radius 1 is 1.23 bits per heavy atom. The summed E-state index contributed by atoms with van der Waals surface area (Å²) < 4.78 is 41.6. The maximum atomic E-state index is 15.6. The number of nitrogens with zero attached hydrogens (tertiary/aromatic N) is 2. The maximum absolute atomic E-state index is 15.6. The van der Waals surface area contributed by atoms with Crippen LogP contribution >= 0.6 is 11.6 Å². The van der Waals surface area contributed by atoms with Crippen LogP contribution in [-0.4, -0.2) is 46.8 Å². The van der Waals surface area contributed by atoms with E-state index < -0.39 is 23.1 Å². The van der Waals surface area contributed by atoms with Gasteiger partial charge in [0.15, 0.2) is 0 Å². The molecule has 1 aromatic heterocycles. The third-order valence-corrected chi connectivity index (χ3v) is 6.73. The van der Waals surface area contributed by atoms with Gasteiger partial charge in [-0.3, -0.25) is 9.88 Å². The van der Waals surface area contributed by atoms with Gasteiger partial charge in [-0.2, -0.15) is 0 Å². The molecular formula is C27H33ClF2N2O3. The van der Waals surface area contributed by atoms with Crippen molar-refractivity contribution in [2.75, 3.05) is 19.7 Å². The van der Waals surface area contributed by atoms with Gasteiger partial charge in [-0.15, -0.1) is 0 Å². The Morgan fingerprint density at radius 2 is 1.91 bits per heavy atom. The van der Waals surface area contributed by atoms with Crippen LogP contribution in [0.25, 0.3) is 0 Å². The van der Waals surface area contributed by atoms with Crippen molar-refractivity contribution in [2.24, 2.45) is 0 Å². The van der Waals surface area contributed by atoms with Crippen LogP contribution in [0.4, 0.5) is 8.78 Å². The lowest BCUT2D eigenvalue weighted by Crippen LogP contribution is -2.44. The second-order valence-electron chi connectivity index (χ2n) is 10.8. The van der Waals surface area contributed by atoms with E-state index in [0.717, 1.165) is 29.7 Å². The highest BCUT2D eigenvalue weighted by Crippen LogP contribution is 2.45. The Labute approximate surface area is 210 Å². The molecule has 0 unspecified atom stereocenters. The van der Waals surface area contributed by atoms with Crippen LogP contribution in [0.5, 0.6) is 5.75 Å². The van der Waals surface area contributed by atoms with Gasteiger partial charge in [0.25, 0.3) is 0 Å². The van der Waals surface area contributed by atoms with Crippen LogP contribution in [0, 0.1) is 12.7 Å². The number of esters is 1. The number of rotatable bonds is 7. The molecule has 8 heteroatoms. The second-order valence-corrected chi connectivity index (χ2v) is 11.2. The Bertz CT molecular complexity index is 1090. The predicted molar refractivity (Wildman–Crippen MR) is 131 cm³/mol. The van der Waals surface area contributed by atoms with Crippen LogP contribution < -0.4 is 4.74 Å². The number of carbonyl (C=O) groups excluding carboxylic acids is 1. The first kappa shape index (κ1) is 25.8. The minimum absolute atomic E-state index is 0.110. The molecule has 35 heavy (non-hydrogen) atoms. The summed E-state index contributed by atoms with van der Waals surface area (Å²) >= 11 is 6.30. The number of pyridine rings is 1. The number of likely N-dealkylation sites (tertiary alicyclic amines) is 1. The van der Waals surface area contributed by atoms with Crippen molar-refractivity contribution in [3.63, 3.8) is 0 Å². The molecule has 2 aliphatic rings. The lowest BCUT2D eigenvalue weighted by Gasteiger charge is -2.36. The number of carbonyl (C=O) groups is 1. The van der Waals surface area contributed by atoms with Gasteiger partial charge >= 0.3 is 5.97 Å². The van der Waals surface area contributed by atoms with Crippen molar-refractivity contribution in [2.45, 2.75) is 77.1 Å². The van der Waals surface area contributed by atoms with Gasteiger partial charge in [0.05, 0.1) is 16.3 Å². The van der Waals surface area contributed by atoms with Crippen molar-refractivity contribution in [1.82, 2.24) is 9.88 Å². The minimum atomic E-state index is -1.51. The lowest BCUT2D eigenvalue weighted by molar-refractivity contribution is 0.00625. The molecule has 0 bridgehead atoms. The van der Waals surface area contributed by atoms with E-state index in [0.29, 0.717) is 43.2 Å². The van der Waals surface area contributed by atoms with E-state index >= 15 is 4.39 Å². The predicted octanol–water partition coefficient (Wildman–Crippen LogP) is 6.40. The highest BCUT2D eigenvalue weighted by Gasteiger charge is 2.37. The summed E-state index contributed by atoms with van der Waals surface area (Å²) in [4.78, 5) is 19.0. The fourth-order valence-corrected chi connectivity index (χ4v) is 4.53. The van der Waals surface area contributed by atoms with Crippen LogP contribution in [0.2, 0.25) is 5.02 Å². The molecule has 2 fully saturated rings. The van der Waals surface area contributed by atoms with Gasteiger partial charge in [0.2, 0.25) is 0 Å². The van der Waals surface area contributed by atoms with E-state index in [4.69, 9.17) is 21.1 Å². The van der Waals surface area contributed by atoms with Crippen LogP contribution in [0.1, 0.15) is 79.6 Å². The average molecular weight is 507 g/mol. The molecule has 4 rings (SSSR count). The summed E-state index contributed by atoms with van der Waals surface area (Å²) in [6.07, 6.45) is 4.24. The maximum Gasteiger partial charge on any atom is 0.341 e. The number of ether oxygens (including phenoxy) is 2. The van der Waals surface area contributed by atoms with Crippen LogP contribution in [0.3, 0.4) is 0 Å². The number of benzene rings is 1. The Balaban J connectivity index is 1.39. The normalized spacial score (nSPS) is 18.4. The molecule has 190 valence electrons. The Hall–Kier alpha value is -2.25. The zero-order valence-electron chi connectivity index (χ0n) is 20.8. The molecule has 2 aromatic rings. The first-order valence-corrected chi connectivity index (χ1v) is 12.5. The minimum Gasteiger partial charge on any atom is -0.490 e. The molecule has 1 aliphatic heterocycles. The summed E-state index contributed by atoms with van der Waals surface area (Å²) in [5.41, 5.74) is 0.179. The van der Waals surface area contributed by atoms with E-state index in [9.17, 15) is 9.18 Å². The standard InChI is InChI=1S/C27H33ClF2N2O3/c1-17-11-21(28)23(31-14-17)15-32-9-7-27(30,8-10-32)16-34-24-13-22(29)20(12-19(24)18-5-6-18)25(33)35-26(2,3)4/h11-14,18H,5-10,15-16H2,1-4H3. The number of piperidine rings is 1. The third kappa shape index (κ3) is 6.70. The number of halogens is 3. The van der Waals surface area contributed by atoms with E-state index in [-0.39, 0.29) is 18.1 Å².